The van der Waals surface area contributed by atoms with E-state index in [1.807, 2.05) is 9.80 Å². The molecule has 0 radical (unpaired) electrons. The highest BCUT2D eigenvalue weighted by Gasteiger charge is 2.32. The second kappa shape index (κ2) is 17.6. The zero-order chi connectivity index (χ0) is 38.5. The third-order valence-corrected chi connectivity index (χ3v) is 12.0. The summed E-state index contributed by atoms with van der Waals surface area (Å²) in [7, 11) is 0. The molecule has 0 bridgehead atoms. The Hall–Kier alpha value is -4.03. The van der Waals surface area contributed by atoms with Crippen molar-refractivity contribution in [3.8, 4) is 33.0 Å². The summed E-state index contributed by atoms with van der Waals surface area (Å²) >= 11 is 27.3. The fourth-order valence-corrected chi connectivity index (χ4v) is 9.38. The zero-order valence-electron chi connectivity index (χ0n) is 27.9. The number of hydrogen-bond donors (Lipinski definition) is 2. The van der Waals surface area contributed by atoms with Crippen molar-refractivity contribution < 1.29 is 23.0 Å². The summed E-state index contributed by atoms with van der Waals surface area (Å²) < 4.78 is 36.9. The molecule has 280 valence electrons. The first kappa shape index (κ1) is 39.7. The van der Waals surface area contributed by atoms with Gasteiger partial charge in [0.05, 0.1) is 46.1 Å². The number of primary amides is 1. The number of ether oxygens (including phenoxy) is 2. The number of benzene rings is 2. The van der Waals surface area contributed by atoms with Gasteiger partial charge in [-0.1, -0.05) is 58.5 Å². The largest absolute Gasteiger partial charge is 0.372 e. The minimum absolute atomic E-state index is 0.235. The van der Waals surface area contributed by atoms with E-state index < -0.39 is 31.5 Å². The summed E-state index contributed by atoms with van der Waals surface area (Å²) in [5.41, 5.74) is 8.50. The molecule has 2 fully saturated rings. The summed E-state index contributed by atoms with van der Waals surface area (Å²) in [5.74, 6) is -0.111. The molecule has 5 heterocycles. The second-order valence-corrected chi connectivity index (χ2v) is 15.5. The summed E-state index contributed by atoms with van der Waals surface area (Å²) in [6.45, 7) is 16.8. The second-order valence-electron chi connectivity index (χ2n) is 11.8. The van der Waals surface area contributed by atoms with E-state index in [9.17, 15) is 13.6 Å². The molecule has 2 aliphatic rings. The number of nitrogens with zero attached hydrogens (tertiary/aromatic N) is 6. The number of carbonyl (C=O) groups excluding carboxylic acids is 1. The summed E-state index contributed by atoms with van der Waals surface area (Å²) in [4.78, 5) is 28.5. The van der Waals surface area contributed by atoms with Crippen molar-refractivity contribution in [2.45, 2.75) is 12.2 Å². The monoisotopic (exact) mass is 850 g/mol. The van der Waals surface area contributed by atoms with Gasteiger partial charge < -0.3 is 25.0 Å². The molecule has 7 rings (SSSR count). The van der Waals surface area contributed by atoms with Crippen LogP contribution in [0.25, 0.3) is 42.6 Å². The van der Waals surface area contributed by atoms with Crippen LogP contribution in [0.5, 0.6) is 0 Å². The Morgan fingerprint density at radius 3 is 1.85 bits per heavy atom. The van der Waals surface area contributed by atoms with Gasteiger partial charge in [-0.25, -0.2) is 23.5 Å². The molecule has 0 spiro atoms. The molecule has 5 aromatic rings. The maximum absolute atomic E-state index is 13.2. The number of aromatic nitrogens is 3. The van der Waals surface area contributed by atoms with Crippen LogP contribution in [0.3, 0.4) is 0 Å². The van der Waals surface area contributed by atoms with E-state index in [0.29, 0.717) is 98.3 Å². The van der Waals surface area contributed by atoms with Gasteiger partial charge in [-0.05, 0) is 35.4 Å². The number of nitrogens with one attached hydrogen (secondary N) is 1. The molecule has 1 amide bonds. The van der Waals surface area contributed by atoms with E-state index >= 15 is 0 Å². The van der Waals surface area contributed by atoms with Crippen molar-refractivity contribution >= 4 is 96.4 Å². The van der Waals surface area contributed by atoms with Crippen LogP contribution in [0, 0.1) is 13.1 Å². The molecule has 3 N–H and O–H groups in total. The molecule has 54 heavy (non-hydrogen) atoms. The van der Waals surface area contributed by atoms with Gasteiger partial charge in [0.25, 0.3) is 5.91 Å². The Labute approximate surface area is 336 Å². The predicted molar refractivity (Wildman–Crippen MR) is 212 cm³/mol. The summed E-state index contributed by atoms with van der Waals surface area (Å²) in [6.07, 6.45) is 0.336. The Kier molecular flexibility index (Phi) is 12.9. The standard InChI is InChI=1S/C18H14Cl2FN5OS.C17H14Cl2FN3O2S/c1-22-15-14(12-3-2-10(19)6-13(12)20)16(17-23-9-24-25-17)28-18(15)26-4-5-27-11(7-21)8-26;1-22-14-13(11-3-2-9(18)6-12(11)19)15(16(21)24)26-17(14)23-4-5-25-10(7-20)8-23/h2-3,6,9,11H,4-5,7-8H2,(H,23,24,25);2-3,6,10H,4-5,7-8H2,(H2,21,24). The van der Waals surface area contributed by atoms with Crippen molar-refractivity contribution in [3.05, 3.63) is 90.5 Å². The van der Waals surface area contributed by atoms with Crippen molar-refractivity contribution in [2.24, 2.45) is 5.73 Å². The van der Waals surface area contributed by atoms with E-state index in [4.69, 9.17) is 74.8 Å². The smallest absolute Gasteiger partial charge is 0.258 e. The topological polar surface area (TPSA) is 118 Å². The molecule has 2 aliphatic heterocycles. The first-order chi connectivity index (χ1) is 26.1. The van der Waals surface area contributed by atoms with Gasteiger partial charge in [0.2, 0.25) is 11.4 Å². The number of nitrogens with two attached hydrogens (primary N) is 1. The van der Waals surface area contributed by atoms with Gasteiger partial charge in [-0.3, -0.25) is 9.89 Å². The molecular formula is C35H28Cl4F2N8O3S2. The number of aromatic amines is 1. The first-order valence-electron chi connectivity index (χ1n) is 16.1. The molecule has 0 aliphatic carbocycles. The van der Waals surface area contributed by atoms with Crippen molar-refractivity contribution in [1.82, 2.24) is 15.2 Å². The minimum atomic E-state index is -0.650. The van der Waals surface area contributed by atoms with E-state index in [-0.39, 0.29) is 10.6 Å². The normalized spacial score (nSPS) is 17.0. The number of rotatable bonds is 8. The molecular weight excluding hydrogens is 824 g/mol. The third-order valence-electron chi connectivity index (χ3n) is 8.40. The summed E-state index contributed by atoms with van der Waals surface area (Å²) in [6, 6.07) is 9.98. The van der Waals surface area contributed by atoms with Gasteiger partial charge in [0.1, 0.15) is 31.9 Å². The predicted octanol–water partition coefficient (Wildman–Crippen LogP) is 9.78. The van der Waals surface area contributed by atoms with Crippen LogP contribution < -0.4 is 15.5 Å². The van der Waals surface area contributed by atoms with E-state index in [1.54, 1.807) is 36.4 Å². The number of thiophene rings is 2. The maximum Gasteiger partial charge on any atom is 0.258 e. The van der Waals surface area contributed by atoms with E-state index in [0.717, 1.165) is 21.2 Å². The van der Waals surface area contributed by atoms with Crippen molar-refractivity contribution in [3.63, 3.8) is 0 Å². The highest BCUT2D eigenvalue weighted by molar-refractivity contribution is 7.21. The van der Waals surface area contributed by atoms with Crippen molar-refractivity contribution in [1.29, 1.82) is 0 Å². The average Bonchev–Trinajstić information content (AvgIpc) is 3.93. The van der Waals surface area contributed by atoms with Crippen LogP contribution in [-0.4, -0.2) is 86.0 Å². The molecule has 2 atom stereocenters. The number of amides is 1. The van der Waals surface area contributed by atoms with Crippen LogP contribution in [0.15, 0.2) is 42.7 Å². The minimum Gasteiger partial charge on any atom is -0.372 e. The Morgan fingerprint density at radius 1 is 0.870 bits per heavy atom. The van der Waals surface area contributed by atoms with Crippen LogP contribution in [-0.2, 0) is 9.47 Å². The number of alkyl halides is 2. The molecule has 2 saturated heterocycles. The number of halogens is 6. The van der Waals surface area contributed by atoms with Gasteiger partial charge >= 0.3 is 0 Å². The first-order valence-corrected chi connectivity index (χ1v) is 19.2. The number of carbonyl (C=O) groups is 1. The van der Waals surface area contributed by atoms with E-state index in [1.165, 1.54) is 17.7 Å². The highest BCUT2D eigenvalue weighted by atomic mass is 35.5. The van der Waals surface area contributed by atoms with Crippen LogP contribution in [0.2, 0.25) is 20.1 Å². The maximum atomic E-state index is 13.2. The molecule has 0 saturated carbocycles. The molecule has 11 nitrogen and oxygen atoms in total. The lowest BCUT2D eigenvalue weighted by molar-refractivity contribution is 0.0249. The van der Waals surface area contributed by atoms with Crippen LogP contribution in [0.1, 0.15) is 9.67 Å². The fraction of sp³-hybridized carbons (Fsp3) is 0.286. The lowest BCUT2D eigenvalue weighted by Gasteiger charge is -2.32. The fourth-order valence-electron chi connectivity index (χ4n) is 5.99. The zero-order valence-corrected chi connectivity index (χ0v) is 32.6. The number of morpholine rings is 2. The lowest BCUT2D eigenvalue weighted by atomic mass is 10.0. The highest BCUT2D eigenvalue weighted by Crippen LogP contribution is 2.54. The number of anilines is 2. The average molecular weight is 853 g/mol. The number of H-pyrrole nitrogens is 1. The molecule has 2 aromatic carbocycles. The molecule has 3 aromatic heterocycles. The molecule has 2 unspecified atom stereocenters. The Balaban J connectivity index is 0.000000185. The Morgan fingerprint density at radius 2 is 1.39 bits per heavy atom. The van der Waals surface area contributed by atoms with Crippen molar-refractivity contribution in [2.75, 3.05) is 62.5 Å². The van der Waals surface area contributed by atoms with Crippen LogP contribution >= 0.6 is 69.1 Å². The molecule has 19 heteroatoms. The SMILES string of the molecule is [C-]#[N+]c1c(N2CCOC(CF)C2)sc(-c2ncn[nH]2)c1-c1ccc(Cl)cc1Cl.[C-]#[N+]c1c(N2CCOC(CF)C2)sc(C(N)=O)c1-c1ccc(Cl)cc1Cl. The number of hydrogen-bond acceptors (Lipinski definition) is 9. The van der Waals surface area contributed by atoms with Gasteiger partial charge in [0, 0.05) is 57.4 Å². The quantitative estimate of drug-likeness (QED) is 0.149. The lowest BCUT2D eigenvalue weighted by Crippen LogP contribution is -2.43. The van der Waals surface area contributed by atoms with Gasteiger partial charge in [0.15, 0.2) is 5.82 Å². The summed E-state index contributed by atoms with van der Waals surface area (Å²) in [5, 5.41) is 9.80. The third kappa shape index (κ3) is 8.29. The van der Waals surface area contributed by atoms with Gasteiger partial charge in [-0.15, -0.1) is 22.7 Å². The van der Waals surface area contributed by atoms with Gasteiger partial charge in [-0.2, -0.15) is 5.10 Å². The van der Waals surface area contributed by atoms with Crippen LogP contribution in [0.4, 0.5) is 30.2 Å². The van der Waals surface area contributed by atoms with E-state index in [2.05, 4.69) is 24.9 Å². The Bertz CT molecular complexity index is 2240.